The van der Waals surface area contributed by atoms with Gasteiger partial charge in [-0.25, -0.2) is 4.98 Å². The summed E-state index contributed by atoms with van der Waals surface area (Å²) in [6.07, 6.45) is 0. The van der Waals surface area contributed by atoms with Crippen molar-refractivity contribution in [3.05, 3.63) is 120 Å². The van der Waals surface area contributed by atoms with Gasteiger partial charge in [0, 0.05) is 43.6 Å². The quantitative estimate of drug-likeness (QED) is 0.206. The smallest absolute Gasteiger partial charge is 0.228 e. The third-order valence-corrected chi connectivity index (χ3v) is 8.74. The Bertz CT molecular complexity index is 2710. The monoisotopic (exact) mass is 574 g/mol. The van der Waals surface area contributed by atoms with Crippen LogP contribution in [0.2, 0.25) is 5.02 Å². The number of oxazole rings is 1. The number of furan rings is 2. The lowest BCUT2D eigenvalue weighted by Crippen LogP contribution is -1.95. The Morgan fingerprint density at radius 1 is 0.535 bits per heavy atom. The minimum atomic E-state index is 0.524. The average Bonchev–Trinajstić information content (AvgIpc) is 3.80. The Labute approximate surface area is 248 Å². The minimum Gasteiger partial charge on any atom is -0.456 e. The second-order valence-electron chi connectivity index (χ2n) is 10.9. The van der Waals surface area contributed by atoms with Crippen molar-refractivity contribution >= 4 is 88.4 Å². The zero-order chi connectivity index (χ0) is 28.2. The van der Waals surface area contributed by atoms with Crippen LogP contribution >= 0.6 is 11.6 Å². The third kappa shape index (κ3) is 3.09. The van der Waals surface area contributed by atoms with Crippen LogP contribution in [0.1, 0.15) is 0 Å². The fourth-order valence-corrected chi connectivity index (χ4v) is 6.85. The van der Waals surface area contributed by atoms with Crippen LogP contribution in [0.25, 0.3) is 93.9 Å². The number of hydrogen-bond acceptors (Lipinski definition) is 4. The normalized spacial score (nSPS) is 12.3. The Kier molecular flexibility index (Phi) is 4.44. The summed E-state index contributed by atoms with van der Waals surface area (Å²) < 4.78 is 21.7. The summed E-state index contributed by atoms with van der Waals surface area (Å²) in [7, 11) is 0. The molecule has 202 valence electrons. The molecule has 0 unspecified atom stereocenters. The Morgan fingerprint density at radius 2 is 1.26 bits per heavy atom. The van der Waals surface area contributed by atoms with Crippen LogP contribution < -0.4 is 0 Å². The maximum atomic E-state index is 6.65. The van der Waals surface area contributed by atoms with Crippen molar-refractivity contribution in [3.63, 3.8) is 0 Å². The van der Waals surface area contributed by atoms with E-state index in [1.807, 2.05) is 48.5 Å². The lowest BCUT2D eigenvalue weighted by Gasteiger charge is -2.10. The van der Waals surface area contributed by atoms with E-state index in [0.29, 0.717) is 22.1 Å². The first-order chi connectivity index (χ1) is 21.2. The average molecular weight is 575 g/mol. The van der Waals surface area contributed by atoms with Crippen LogP contribution in [0.4, 0.5) is 0 Å². The third-order valence-electron chi connectivity index (χ3n) is 8.51. The summed E-state index contributed by atoms with van der Waals surface area (Å²) >= 11 is 6.25. The van der Waals surface area contributed by atoms with E-state index in [1.54, 1.807) is 0 Å². The van der Waals surface area contributed by atoms with E-state index in [1.165, 1.54) is 10.8 Å². The van der Waals surface area contributed by atoms with Gasteiger partial charge < -0.3 is 17.8 Å². The van der Waals surface area contributed by atoms with Crippen LogP contribution in [0.5, 0.6) is 0 Å². The lowest BCUT2D eigenvalue weighted by atomic mass is 10.0. The molecule has 0 saturated heterocycles. The van der Waals surface area contributed by atoms with E-state index in [4.69, 9.17) is 29.8 Å². The van der Waals surface area contributed by atoms with Gasteiger partial charge in [-0.15, -0.1) is 0 Å². The van der Waals surface area contributed by atoms with Crippen LogP contribution in [-0.2, 0) is 0 Å². The number of rotatable bonds is 2. The van der Waals surface area contributed by atoms with E-state index in [0.717, 1.165) is 66.1 Å². The molecule has 43 heavy (non-hydrogen) atoms. The van der Waals surface area contributed by atoms with E-state index in [9.17, 15) is 0 Å². The molecular weight excluding hydrogens is 556 g/mol. The van der Waals surface area contributed by atoms with Crippen molar-refractivity contribution in [3.8, 4) is 17.1 Å². The number of para-hydroxylation sites is 3. The summed E-state index contributed by atoms with van der Waals surface area (Å²) in [5.41, 5.74) is 8.54. The summed E-state index contributed by atoms with van der Waals surface area (Å²) in [6.45, 7) is 0. The van der Waals surface area contributed by atoms with Crippen molar-refractivity contribution in [2.24, 2.45) is 0 Å². The first-order valence-electron chi connectivity index (χ1n) is 14.1. The fourth-order valence-electron chi connectivity index (χ4n) is 6.69. The Balaban J connectivity index is 1.30. The highest BCUT2D eigenvalue weighted by Gasteiger charge is 2.23. The molecule has 0 aliphatic carbocycles. The molecule has 0 bridgehead atoms. The van der Waals surface area contributed by atoms with Crippen LogP contribution in [-0.4, -0.2) is 9.55 Å². The molecule has 10 rings (SSSR count). The van der Waals surface area contributed by atoms with Crippen molar-refractivity contribution < 1.29 is 13.3 Å². The first kappa shape index (κ1) is 23.1. The Hall–Kier alpha value is -5.52. The van der Waals surface area contributed by atoms with Gasteiger partial charge in [-0.2, -0.15) is 0 Å². The molecule has 4 heterocycles. The number of nitrogens with zero attached hydrogens (tertiary/aromatic N) is 2. The van der Waals surface area contributed by atoms with Crippen LogP contribution in [0.15, 0.2) is 129 Å². The molecule has 0 saturated carbocycles. The van der Waals surface area contributed by atoms with Gasteiger partial charge in [0.1, 0.15) is 22.3 Å². The van der Waals surface area contributed by atoms with Gasteiger partial charge in [0.25, 0.3) is 0 Å². The predicted molar refractivity (Wildman–Crippen MR) is 173 cm³/mol. The van der Waals surface area contributed by atoms with E-state index in [-0.39, 0.29) is 0 Å². The maximum absolute atomic E-state index is 6.65. The molecule has 10 aromatic rings. The molecule has 0 amide bonds. The number of benzene rings is 6. The molecule has 5 nitrogen and oxygen atoms in total. The van der Waals surface area contributed by atoms with Crippen molar-refractivity contribution in [1.29, 1.82) is 0 Å². The molecule has 0 radical (unpaired) electrons. The molecule has 0 atom stereocenters. The zero-order valence-electron chi connectivity index (χ0n) is 22.5. The highest BCUT2D eigenvalue weighted by Crippen LogP contribution is 2.44. The number of aromatic nitrogens is 2. The van der Waals surface area contributed by atoms with Gasteiger partial charge in [-0.1, -0.05) is 66.2 Å². The topological polar surface area (TPSA) is 57.2 Å². The van der Waals surface area contributed by atoms with Gasteiger partial charge in [0.05, 0.1) is 22.1 Å². The van der Waals surface area contributed by atoms with Gasteiger partial charge >= 0.3 is 0 Å². The molecule has 0 N–H and O–H groups in total. The van der Waals surface area contributed by atoms with Crippen molar-refractivity contribution in [2.45, 2.75) is 0 Å². The number of hydrogen-bond donors (Lipinski definition) is 0. The molecule has 6 aromatic carbocycles. The molecule has 4 aromatic heterocycles. The molecule has 0 fully saturated rings. The highest BCUT2D eigenvalue weighted by atomic mass is 35.5. The first-order valence-corrected chi connectivity index (χ1v) is 14.5. The minimum absolute atomic E-state index is 0.524. The Morgan fingerprint density at radius 3 is 2.07 bits per heavy atom. The summed E-state index contributed by atoms with van der Waals surface area (Å²) in [4.78, 5) is 4.98. The van der Waals surface area contributed by atoms with Crippen molar-refractivity contribution in [1.82, 2.24) is 9.55 Å². The zero-order valence-corrected chi connectivity index (χ0v) is 23.2. The molecule has 0 spiro atoms. The van der Waals surface area contributed by atoms with Crippen molar-refractivity contribution in [2.75, 3.05) is 0 Å². The van der Waals surface area contributed by atoms with Crippen LogP contribution in [0, 0.1) is 0 Å². The summed E-state index contributed by atoms with van der Waals surface area (Å²) in [5, 5.41) is 6.81. The highest BCUT2D eigenvalue weighted by molar-refractivity contribution is 6.31. The van der Waals surface area contributed by atoms with E-state index < -0.39 is 0 Å². The second kappa shape index (κ2) is 8.28. The van der Waals surface area contributed by atoms with Crippen LogP contribution in [0.3, 0.4) is 0 Å². The lowest BCUT2D eigenvalue weighted by molar-refractivity contribution is 0.622. The number of halogens is 1. The number of fused-ring (bicyclic) bond motifs is 11. The van der Waals surface area contributed by atoms with Gasteiger partial charge in [-0.05, 0) is 54.6 Å². The largest absolute Gasteiger partial charge is 0.456 e. The molecular formula is C37H19ClN2O3. The SMILES string of the molecule is Clc1ccc2c(c1)oc1ccc3nc(-c4ccc(-n5c6ccccc6c6ccccc65)c5oc6ccccc6c45)oc3c12. The molecule has 6 heteroatoms. The fraction of sp³-hybridized carbons (Fsp3) is 0. The van der Waals surface area contributed by atoms with Gasteiger partial charge in [0.2, 0.25) is 5.89 Å². The van der Waals surface area contributed by atoms with Gasteiger partial charge in [-0.3, -0.25) is 0 Å². The molecule has 0 aliphatic heterocycles. The molecule has 0 aliphatic rings. The van der Waals surface area contributed by atoms with Gasteiger partial charge in [0.15, 0.2) is 11.2 Å². The predicted octanol–water partition coefficient (Wildman–Crippen LogP) is 11.0. The maximum Gasteiger partial charge on any atom is 0.228 e. The summed E-state index contributed by atoms with van der Waals surface area (Å²) in [5.74, 6) is 0.524. The van der Waals surface area contributed by atoms with E-state index >= 15 is 0 Å². The summed E-state index contributed by atoms with van der Waals surface area (Å²) in [6, 6.07) is 38.9. The standard InChI is InChI=1S/C37H19ClN2O3/c38-20-13-14-24-32(19-20)41-31-18-16-26-35(34(24)31)43-37(39-26)25-15-17-29(36-33(25)23-9-3-6-12-30(23)42-36)40-27-10-4-1-7-21(27)22-8-2-5-11-28(22)40/h1-19H. The second-order valence-corrected chi connectivity index (χ2v) is 11.3. The van der Waals surface area contributed by atoms with E-state index in [2.05, 4.69) is 71.3 Å².